The number of alkyl carbamates (subject to hydrolysis) is 1. The van der Waals surface area contributed by atoms with Crippen LogP contribution in [0, 0.1) is 58.7 Å². The van der Waals surface area contributed by atoms with Crippen LogP contribution in [-0.2, 0) is 57.0 Å². The van der Waals surface area contributed by atoms with E-state index in [0.717, 1.165) is 11.1 Å². The lowest BCUT2D eigenvalue weighted by atomic mass is 9.49. The second-order valence-electron chi connectivity index (χ2n) is 26.3. The molecule has 5 aliphatic carbocycles. The number of methoxy groups -OCH3 is 2. The van der Waals surface area contributed by atoms with Gasteiger partial charge in [0.05, 0.1) is 86.7 Å². The first-order chi connectivity index (χ1) is 38.7. The second-order valence-corrected chi connectivity index (χ2v) is 26.3. The van der Waals surface area contributed by atoms with E-state index in [1.54, 1.807) is 6.92 Å². The van der Waals surface area contributed by atoms with Gasteiger partial charge in [0, 0.05) is 67.4 Å². The van der Waals surface area contributed by atoms with Crippen LogP contribution in [-0.4, -0.2) is 174 Å². The minimum absolute atomic E-state index is 0.0196. The predicted octanol–water partition coefficient (Wildman–Crippen LogP) is 5.77. The van der Waals surface area contributed by atoms with Gasteiger partial charge in [0.2, 0.25) is 0 Å². The van der Waals surface area contributed by atoms with E-state index in [0.29, 0.717) is 24.8 Å². The molecule has 8 N–H and O–H groups in total. The van der Waals surface area contributed by atoms with Crippen LogP contribution in [0.15, 0.2) is 58.4 Å². The number of Topliss-reactive ketones (excluding diaryl/α,β-unsaturated/α-hetero) is 1. The van der Waals surface area contributed by atoms with Crippen molar-refractivity contribution in [3.63, 3.8) is 0 Å². The lowest BCUT2D eigenvalue weighted by Gasteiger charge is -2.57. The van der Waals surface area contributed by atoms with E-state index in [2.05, 4.69) is 37.4 Å². The van der Waals surface area contributed by atoms with Gasteiger partial charge in [0.15, 0.2) is 24.7 Å². The second kappa shape index (κ2) is 25.0. The number of carbonyl (C=O) groups excluding carboxylic acids is 3. The Kier molecular flexibility index (Phi) is 19.2. The third-order valence-corrected chi connectivity index (χ3v) is 20.4. The SMILES string of the molecule is COC(=O)NC1C(C)OC(OC2CC=C(C)C3C=CC4C(OC5CC(OC6CC(C)C(OC7CC(O)C(OC)C(C)O7)C(O)C6)C(O)C(C)O5)C(C)CC(C)C4C3(C)C(O)=C3C(=O)OC4C(C)C(CO)=CC(C=C2C)C4C3=O)CC1(C)N. The Labute approximate surface area is 483 Å². The molecule has 2 saturated carbocycles. The molecule has 4 saturated heterocycles. The molecule has 0 aromatic rings. The van der Waals surface area contributed by atoms with Crippen molar-refractivity contribution in [2.24, 2.45) is 64.4 Å². The number of amides is 1. The fourth-order valence-corrected chi connectivity index (χ4v) is 16.2. The van der Waals surface area contributed by atoms with E-state index in [1.165, 1.54) is 14.2 Å². The fraction of sp³-hybridized carbons (Fsp3) is 0.790. The van der Waals surface area contributed by atoms with Crippen molar-refractivity contribution in [3.05, 3.63) is 58.4 Å². The van der Waals surface area contributed by atoms with Crippen LogP contribution in [0.3, 0.4) is 0 Å². The molecule has 1 amide bonds. The Balaban J connectivity index is 1.00. The van der Waals surface area contributed by atoms with Crippen LogP contribution in [0.25, 0.3) is 0 Å². The summed E-state index contributed by atoms with van der Waals surface area (Å²) in [7, 11) is 2.82. The van der Waals surface area contributed by atoms with Gasteiger partial charge < -0.3 is 84.0 Å². The number of nitrogens with one attached hydrogen (secondary N) is 1. The summed E-state index contributed by atoms with van der Waals surface area (Å²) in [5.74, 6) is -5.35. The zero-order chi connectivity index (χ0) is 59.6. The van der Waals surface area contributed by atoms with Crippen molar-refractivity contribution in [2.75, 3.05) is 20.8 Å². The average Bonchev–Trinajstić information content (AvgIpc) is 1.03. The van der Waals surface area contributed by atoms with Crippen molar-refractivity contribution >= 4 is 17.8 Å². The topological polar surface area (TPSA) is 283 Å². The molecule has 2 bridgehead atoms. The van der Waals surface area contributed by atoms with Crippen LogP contribution in [0.2, 0.25) is 0 Å². The van der Waals surface area contributed by atoms with Crippen LogP contribution < -0.4 is 11.1 Å². The summed E-state index contributed by atoms with van der Waals surface area (Å²) in [4.78, 5) is 42.5. The molecule has 4 heterocycles. The first-order valence-corrected chi connectivity index (χ1v) is 30.0. The molecule has 20 heteroatoms. The van der Waals surface area contributed by atoms with E-state index in [4.69, 9.17) is 53.1 Å². The number of esters is 1. The number of aliphatic hydroxyl groups is 5. The summed E-state index contributed by atoms with van der Waals surface area (Å²) in [6, 6.07) is -0.582. The first-order valence-electron chi connectivity index (χ1n) is 30.0. The van der Waals surface area contributed by atoms with Gasteiger partial charge in [0.25, 0.3) is 0 Å². The van der Waals surface area contributed by atoms with Crippen LogP contribution in [0.5, 0.6) is 0 Å². The molecule has 28 unspecified atom stereocenters. The number of fused-ring (bicyclic) bond motifs is 4. The van der Waals surface area contributed by atoms with Gasteiger partial charge in [-0.15, -0.1) is 0 Å². The maximum absolute atomic E-state index is 15.5. The third kappa shape index (κ3) is 12.1. The monoisotopic (exact) mass is 1150 g/mol. The maximum Gasteiger partial charge on any atom is 0.407 e. The lowest BCUT2D eigenvalue weighted by molar-refractivity contribution is -0.296. The number of ketones is 1. The Bertz CT molecular complexity index is 2470. The average molecular weight is 1160 g/mol. The summed E-state index contributed by atoms with van der Waals surface area (Å²) in [5, 5.41) is 60.5. The molecule has 20 nitrogen and oxygen atoms in total. The molecule has 6 fully saturated rings. The molecule has 9 rings (SSSR count). The van der Waals surface area contributed by atoms with Crippen LogP contribution >= 0.6 is 0 Å². The molecule has 0 aromatic carbocycles. The molecule has 0 radical (unpaired) electrons. The van der Waals surface area contributed by atoms with Gasteiger partial charge in [-0.1, -0.05) is 70.6 Å². The lowest BCUT2D eigenvalue weighted by Crippen LogP contribution is -2.66. The highest BCUT2D eigenvalue weighted by Crippen LogP contribution is 2.60. The Morgan fingerprint density at radius 2 is 1.43 bits per heavy atom. The van der Waals surface area contributed by atoms with Gasteiger partial charge in [-0.3, -0.25) is 4.79 Å². The summed E-state index contributed by atoms with van der Waals surface area (Å²) in [6.45, 7) is 20.9. The van der Waals surface area contributed by atoms with Gasteiger partial charge in [-0.05, 0) is 95.6 Å². The molecular weight excluding hydrogens is 1060 g/mol. The molecular formula is C62H94N2O18. The highest BCUT2D eigenvalue weighted by molar-refractivity contribution is 6.20. The van der Waals surface area contributed by atoms with E-state index < -0.39 is 163 Å². The highest BCUT2D eigenvalue weighted by Gasteiger charge is 2.60. The van der Waals surface area contributed by atoms with Crippen molar-refractivity contribution < 1.29 is 87.3 Å². The van der Waals surface area contributed by atoms with E-state index in [1.807, 2.05) is 67.5 Å². The Hall–Kier alpha value is -3.61. The fourth-order valence-electron chi connectivity index (χ4n) is 16.2. The van der Waals surface area contributed by atoms with Crippen LogP contribution in [0.4, 0.5) is 4.79 Å². The summed E-state index contributed by atoms with van der Waals surface area (Å²) >= 11 is 0. The zero-order valence-electron chi connectivity index (χ0n) is 50.2. The number of ether oxygens (including phenoxy) is 10. The predicted molar refractivity (Wildman–Crippen MR) is 298 cm³/mol. The summed E-state index contributed by atoms with van der Waals surface area (Å²) in [6.07, 6.45) is 1.14. The van der Waals surface area contributed by atoms with E-state index in [-0.39, 0.29) is 67.3 Å². The summed E-state index contributed by atoms with van der Waals surface area (Å²) < 4.78 is 62.6. The third-order valence-electron chi connectivity index (χ3n) is 20.4. The molecule has 0 spiro atoms. The molecule has 9 aliphatic rings. The Morgan fingerprint density at radius 3 is 2.09 bits per heavy atom. The van der Waals surface area contributed by atoms with Crippen LogP contribution in [0.1, 0.15) is 121 Å². The molecule has 28 atom stereocenters. The minimum atomic E-state index is -1.27. The number of nitrogens with two attached hydrogens (primary N) is 1. The summed E-state index contributed by atoms with van der Waals surface area (Å²) in [5.41, 5.74) is 6.55. The largest absolute Gasteiger partial charge is 0.511 e. The van der Waals surface area contributed by atoms with Gasteiger partial charge in [0.1, 0.15) is 29.6 Å². The number of hydrogen-bond acceptors (Lipinski definition) is 19. The molecule has 82 heavy (non-hydrogen) atoms. The molecule has 4 aliphatic heterocycles. The number of aliphatic hydroxyl groups excluding tert-OH is 5. The number of allylic oxidation sites excluding steroid dienone is 5. The van der Waals surface area contributed by atoms with Gasteiger partial charge >= 0.3 is 12.1 Å². The van der Waals surface area contributed by atoms with Crippen molar-refractivity contribution in [3.8, 4) is 0 Å². The number of hydrogen-bond donors (Lipinski definition) is 7. The Morgan fingerprint density at radius 1 is 0.768 bits per heavy atom. The first kappa shape index (κ1) is 62.9. The van der Waals surface area contributed by atoms with Crippen molar-refractivity contribution in [2.45, 2.75) is 231 Å². The highest BCUT2D eigenvalue weighted by atomic mass is 16.7. The number of carbonyl (C=O) groups is 3. The van der Waals surface area contributed by atoms with Crippen molar-refractivity contribution in [1.29, 1.82) is 0 Å². The van der Waals surface area contributed by atoms with Crippen molar-refractivity contribution in [1.82, 2.24) is 5.32 Å². The minimum Gasteiger partial charge on any atom is -0.511 e. The zero-order valence-corrected chi connectivity index (χ0v) is 50.2. The molecule has 460 valence electrons. The standard InChI is InChI=1S/C62H94N2O18/c1-27-14-17-43(79-47-25-61(10,63)57(35(9)77-47)64-60(72)74-13)28(2)19-36-21-37(26-65)32(6)55-48(36)52(69)49(59(71)82-55)58(70)62(11)40(27)16-15-39-50(62)29(3)18-30(4)53(39)80-46-24-44(51(68)33(7)75-46)78-38-20-31(5)54(41(66)22-38)81-45-23-42(67)56(73-12)34(8)76-45/h14-16,19,21,29-36,38-48,50-51,53-57,65-68,70H,17-18,20,22-26,63H2,1-13H3,(H,64,72). The smallest absolute Gasteiger partial charge is 0.407 e. The van der Waals surface area contributed by atoms with E-state index in [9.17, 15) is 35.1 Å². The van der Waals surface area contributed by atoms with E-state index >= 15 is 4.79 Å². The van der Waals surface area contributed by atoms with Gasteiger partial charge in [-0.2, -0.15) is 0 Å². The maximum atomic E-state index is 15.5. The number of rotatable bonds is 11. The van der Waals surface area contributed by atoms with Gasteiger partial charge in [-0.25, -0.2) is 9.59 Å². The normalized spacial score (nSPS) is 48.1. The molecule has 0 aromatic heterocycles. The quantitative estimate of drug-likeness (QED) is 0.0734.